The van der Waals surface area contributed by atoms with E-state index in [1.165, 1.54) is 78.2 Å². The van der Waals surface area contributed by atoms with Crippen molar-refractivity contribution in [3.8, 4) is 0 Å². The molecule has 0 atom stereocenters. The van der Waals surface area contributed by atoms with Gasteiger partial charge in [-0.1, -0.05) is 6.92 Å². The molecule has 2 rings (SSSR count). The minimum Gasteiger partial charge on any atom is -0.314 e. The summed E-state index contributed by atoms with van der Waals surface area (Å²) in [6.07, 6.45) is 3.97. The highest BCUT2D eigenvalue weighted by Gasteiger charge is 2.17. The molecule has 0 aromatic rings. The molecule has 19 heavy (non-hydrogen) atoms. The summed E-state index contributed by atoms with van der Waals surface area (Å²) in [7, 11) is 2.22. The largest absolute Gasteiger partial charge is 0.314 e. The Morgan fingerprint density at radius 1 is 0.947 bits per heavy atom. The number of piperazine rings is 1. The van der Waals surface area contributed by atoms with Crippen LogP contribution in [0.25, 0.3) is 0 Å². The van der Waals surface area contributed by atoms with Gasteiger partial charge in [0.25, 0.3) is 0 Å². The normalized spacial score (nSPS) is 24.9. The van der Waals surface area contributed by atoms with Gasteiger partial charge in [-0.3, -0.25) is 0 Å². The van der Waals surface area contributed by atoms with Crippen LogP contribution in [0.15, 0.2) is 0 Å². The Bertz CT molecular complexity index is 230. The number of likely N-dealkylation sites (tertiary alicyclic amines) is 1. The predicted octanol–water partition coefficient (Wildman–Crippen LogP) is 0.698. The summed E-state index contributed by atoms with van der Waals surface area (Å²) in [5.41, 5.74) is 0. The Morgan fingerprint density at radius 3 is 2.26 bits per heavy atom. The van der Waals surface area contributed by atoms with Gasteiger partial charge in [-0.05, 0) is 59.0 Å². The number of nitrogens with zero attached hydrogens (tertiary/aromatic N) is 3. The minimum absolute atomic E-state index is 0.773. The van der Waals surface area contributed by atoms with E-state index in [1.807, 2.05) is 0 Å². The summed E-state index contributed by atoms with van der Waals surface area (Å²) in [5, 5.41) is 3.75. The molecular weight excluding hydrogens is 236 g/mol. The van der Waals surface area contributed by atoms with Crippen molar-refractivity contribution in [3.63, 3.8) is 0 Å². The van der Waals surface area contributed by atoms with Gasteiger partial charge in [0, 0.05) is 32.2 Å². The fraction of sp³-hybridized carbons (Fsp3) is 1.00. The van der Waals surface area contributed by atoms with Crippen LogP contribution in [0.4, 0.5) is 0 Å². The van der Waals surface area contributed by atoms with Gasteiger partial charge < -0.3 is 20.0 Å². The maximum Gasteiger partial charge on any atom is 0.0110 e. The lowest BCUT2D eigenvalue weighted by Gasteiger charge is -2.33. The number of likely N-dealkylation sites (N-methyl/N-ethyl adjacent to an activating group) is 1. The van der Waals surface area contributed by atoms with Crippen molar-refractivity contribution in [3.05, 3.63) is 0 Å². The van der Waals surface area contributed by atoms with E-state index in [0.717, 1.165) is 6.04 Å². The second kappa shape index (κ2) is 8.20. The molecule has 1 N–H and O–H groups in total. The van der Waals surface area contributed by atoms with E-state index in [1.54, 1.807) is 0 Å². The Labute approximate surface area is 119 Å². The second-order valence-electron chi connectivity index (χ2n) is 6.16. The number of hydrogen-bond donors (Lipinski definition) is 1. The Balaban J connectivity index is 1.48. The van der Waals surface area contributed by atoms with Gasteiger partial charge >= 0.3 is 0 Å². The SMILES string of the molecule is CCN1CCC(NCCCN2CCN(C)CC2)CC1. The summed E-state index contributed by atoms with van der Waals surface area (Å²) in [5.74, 6) is 0. The van der Waals surface area contributed by atoms with E-state index in [0.29, 0.717) is 0 Å². The lowest BCUT2D eigenvalue weighted by Crippen LogP contribution is -2.46. The molecule has 2 fully saturated rings. The summed E-state index contributed by atoms with van der Waals surface area (Å²) >= 11 is 0. The zero-order valence-corrected chi connectivity index (χ0v) is 12.9. The van der Waals surface area contributed by atoms with Crippen molar-refractivity contribution in [2.24, 2.45) is 0 Å². The molecule has 2 aliphatic heterocycles. The van der Waals surface area contributed by atoms with Gasteiger partial charge in [0.2, 0.25) is 0 Å². The van der Waals surface area contributed by atoms with Crippen LogP contribution in [-0.2, 0) is 0 Å². The molecule has 112 valence electrons. The molecule has 0 saturated carbocycles. The van der Waals surface area contributed by atoms with Crippen LogP contribution in [0, 0.1) is 0 Å². The fourth-order valence-electron chi connectivity index (χ4n) is 3.13. The molecule has 0 amide bonds. The molecular formula is C15H32N4. The summed E-state index contributed by atoms with van der Waals surface area (Å²) < 4.78 is 0. The predicted molar refractivity (Wildman–Crippen MR) is 81.7 cm³/mol. The van der Waals surface area contributed by atoms with Crippen LogP contribution >= 0.6 is 0 Å². The van der Waals surface area contributed by atoms with Gasteiger partial charge in [-0.25, -0.2) is 0 Å². The minimum atomic E-state index is 0.773. The van der Waals surface area contributed by atoms with Crippen LogP contribution in [0.3, 0.4) is 0 Å². The van der Waals surface area contributed by atoms with E-state index in [-0.39, 0.29) is 0 Å². The van der Waals surface area contributed by atoms with Crippen molar-refractivity contribution >= 4 is 0 Å². The maximum absolute atomic E-state index is 3.75. The summed E-state index contributed by atoms with van der Waals surface area (Å²) in [6, 6.07) is 0.773. The Morgan fingerprint density at radius 2 is 1.63 bits per heavy atom. The first-order chi connectivity index (χ1) is 9.28. The standard InChI is InChI=1S/C15H32N4/c1-3-18-9-5-15(6-10-18)16-7-4-8-19-13-11-17(2)12-14-19/h15-16H,3-14H2,1-2H3. The van der Waals surface area contributed by atoms with Gasteiger partial charge in [0.05, 0.1) is 0 Å². The number of nitrogens with one attached hydrogen (secondary N) is 1. The van der Waals surface area contributed by atoms with Gasteiger partial charge in [0.1, 0.15) is 0 Å². The number of rotatable bonds is 6. The highest BCUT2D eigenvalue weighted by atomic mass is 15.2. The Kier molecular flexibility index (Phi) is 6.57. The lowest BCUT2D eigenvalue weighted by atomic mass is 10.1. The molecule has 2 saturated heterocycles. The molecule has 0 aromatic heterocycles. The van der Waals surface area contributed by atoms with E-state index in [9.17, 15) is 0 Å². The van der Waals surface area contributed by atoms with Crippen molar-refractivity contribution in [2.45, 2.75) is 32.2 Å². The van der Waals surface area contributed by atoms with Crippen LogP contribution in [0.1, 0.15) is 26.2 Å². The average molecular weight is 268 g/mol. The molecule has 0 radical (unpaired) electrons. The first kappa shape index (κ1) is 15.2. The van der Waals surface area contributed by atoms with Gasteiger partial charge in [0.15, 0.2) is 0 Å². The lowest BCUT2D eigenvalue weighted by molar-refractivity contribution is 0.151. The van der Waals surface area contributed by atoms with E-state index < -0.39 is 0 Å². The third-order valence-corrected chi connectivity index (χ3v) is 4.71. The van der Waals surface area contributed by atoms with Crippen molar-refractivity contribution in [1.82, 2.24) is 20.0 Å². The molecule has 2 heterocycles. The zero-order valence-electron chi connectivity index (χ0n) is 12.9. The molecule has 4 nitrogen and oxygen atoms in total. The highest BCUT2D eigenvalue weighted by Crippen LogP contribution is 2.09. The number of piperidine rings is 1. The zero-order chi connectivity index (χ0) is 13.5. The molecule has 0 spiro atoms. The average Bonchev–Trinajstić information content (AvgIpc) is 2.46. The summed E-state index contributed by atoms with van der Waals surface area (Å²) in [6.45, 7) is 13.5. The van der Waals surface area contributed by atoms with Gasteiger partial charge in [-0.15, -0.1) is 0 Å². The fourth-order valence-corrected chi connectivity index (χ4v) is 3.13. The molecule has 0 unspecified atom stereocenters. The quantitative estimate of drug-likeness (QED) is 0.716. The highest BCUT2D eigenvalue weighted by molar-refractivity contribution is 4.77. The maximum atomic E-state index is 3.75. The third kappa shape index (κ3) is 5.38. The second-order valence-corrected chi connectivity index (χ2v) is 6.16. The smallest absolute Gasteiger partial charge is 0.0110 e. The van der Waals surface area contributed by atoms with Crippen molar-refractivity contribution < 1.29 is 0 Å². The van der Waals surface area contributed by atoms with Crippen LogP contribution in [0.5, 0.6) is 0 Å². The molecule has 2 aliphatic rings. The van der Waals surface area contributed by atoms with Crippen LogP contribution in [0.2, 0.25) is 0 Å². The van der Waals surface area contributed by atoms with E-state index in [2.05, 4.69) is 34.0 Å². The molecule has 4 heteroatoms. The molecule has 0 bridgehead atoms. The molecule has 0 aliphatic carbocycles. The molecule has 0 aromatic carbocycles. The van der Waals surface area contributed by atoms with Crippen LogP contribution < -0.4 is 5.32 Å². The van der Waals surface area contributed by atoms with Crippen LogP contribution in [-0.4, -0.2) is 86.7 Å². The third-order valence-electron chi connectivity index (χ3n) is 4.71. The Hall–Kier alpha value is -0.160. The first-order valence-corrected chi connectivity index (χ1v) is 8.14. The first-order valence-electron chi connectivity index (χ1n) is 8.14. The number of hydrogen-bond acceptors (Lipinski definition) is 4. The topological polar surface area (TPSA) is 21.8 Å². The van der Waals surface area contributed by atoms with Crippen molar-refractivity contribution in [2.75, 3.05) is 66.0 Å². The van der Waals surface area contributed by atoms with E-state index in [4.69, 9.17) is 0 Å². The summed E-state index contributed by atoms with van der Waals surface area (Å²) in [4.78, 5) is 7.60. The van der Waals surface area contributed by atoms with E-state index >= 15 is 0 Å². The monoisotopic (exact) mass is 268 g/mol. The van der Waals surface area contributed by atoms with Gasteiger partial charge in [-0.2, -0.15) is 0 Å². The van der Waals surface area contributed by atoms with Crippen molar-refractivity contribution in [1.29, 1.82) is 0 Å².